The van der Waals surface area contributed by atoms with Crippen LogP contribution in [0.4, 0.5) is 11.4 Å². The maximum absolute atomic E-state index is 13.7. The van der Waals surface area contributed by atoms with Crippen LogP contribution < -0.4 is 21.1 Å². The molecule has 0 saturated carbocycles. The lowest BCUT2D eigenvalue weighted by Crippen LogP contribution is -2.36. The van der Waals surface area contributed by atoms with E-state index in [9.17, 15) is 4.79 Å². The van der Waals surface area contributed by atoms with E-state index in [1.54, 1.807) is 6.07 Å². The molecule has 2 saturated heterocycles. The number of aromatic amines is 2. The summed E-state index contributed by atoms with van der Waals surface area (Å²) in [5.41, 5.74) is 7.57. The van der Waals surface area contributed by atoms with Gasteiger partial charge in [-0.1, -0.05) is 17.7 Å². The fourth-order valence-corrected chi connectivity index (χ4v) is 7.07. The normalized spacial score (nSPS) is 16.3. The van der Waals surface area contributed by atoms with Gasteiger partial charge in [-0.25, -0.2) is 9.97 Å². The first kappa shape index (κ1) is 28.1. The summed E-state index contributed by atoms with van der Waals surface area (Å²) in [6, 6.07) is 18.6. The lowest BCUT2D eigenvalue weighted by molar-refractivity contribution is 0.122. The molecule has 4 N–H and O–H groups in total. The third-order valence-corrected chi connectivity index (χ3v) is 9.36. The van der Waals surface area contributed by atoms with Gasteiger partial charge in [0.05, 0.1) is 46.5 Å². The lowest BCUT2D eigenvalue weighted by atomic mass is 10.1. The van der Waals surface area contributed by atoms with Crippen LogP contribution >= 0.6 is 11.6 Å². The topological polar surface area (TPSA) is 116 Å². The molecule has 3 aromatic heterocycles. The van der Waals surface area contributed by atoms with Crippen LogP contribution in [0.5, 0.6) is 0 Å². The number of imidazole rings is 2. The molecule has 10 nitrogen and oxygen atoms in total. The molecule has 2 fully saturated rings. The highest BCUT2D eigenvalue weighted by molar-refractivity contribution is 6.31. The standard InChI is InChI=1S/C34H35ClN8O2/c1-20-38-29-16-21(2-7-30(29)43(20)23-8-10-36-11-9-23)19-37-32-25-17-22(35)3-5-26(25)41-34(44)31(32)33-39-27-6-4-24(18-28(27)40-33)42-12-14-45-15-13-42/h2-7,16-18,23,36H,8-15,19H2,1H3,(H,39,40)(H2,37,41,44). The first-order valence-electron chi connectivity index (χ1n) is 15.6. The number of piperidine rings is 1. The molecule has 5 heterocycles. The molecule has 0 unspecified atom stereocenters. The zero-order valence-corrected chi connectivity index (χ0v) is 25.9. The Bertz CT molecular complexity index is 2100. The minimum Gasteiger partial charge on any atom is -0.380 e. The van der Waals surface area contributed by atoms with Crippen LogP contribution in [0.25, 0.3) is 44.4 Å². The van der Waals surface area contributed by atoms with Crippen LogP contribution in [-0.4, -0.2) is 63.9 Å². The van der Waals surface area contributed by atoms with Crippen LogP contribution in [-0.2, 0) is 11.3 Å². The Morgan fingerprint density at radius 1 is 0.956 bits per heavy atom. The van der Waals surface area contributed by atoms with Crippen molar-refractivity contribution in [1.29, 1.82) is 0 Å². The molecule has 0 bridgehead atoms. The van der Waals surface area contributed by atoms with Gasteiger partial charge in [0.2, 0.25) is 0 Å². The first-order chi connectivity index (χ1) is 22.0. The number of ether oxygens (including phenoxy) is 1. The molecular formula is C34H35ClN8O2. The summed E-state index contributed by atoms with van der Waals surface area (Å²) in [6.07, 6.45) is 2.21. The van der Waals surface area contributed by atoms with Gasteiger partial charge in [0.25, 0.3) is 5.56 Å². The number of fused-ring (bicyclic) bond motifs is 3. The summed E-state index contributed by atoms with van der Waals surface area (Å²) in [5.74, 6) is 1.54. The fourth-order valence-electron chi connectivity index (χ4n) is 6.90. The average molecular weight is 623 g/mol. The zero-order valence-electron chi connectivity index (χ0n) is 25.1. The number of nitrogens with one attached hydrogen (secondary N) is 4. The molecule has 2 aliphatic rings. The maximum atomic E-state index is 13.7. The number of morpholine rings is 1. The highest BCUT2D eigenvalue weighted by atomic mass is 35.5. The quantitative estimate of drug-likeness (QED) is 0.187. The maximum Gasteiger partial charge on any atom is 0.261 e. The Morgan fingerprint density at radius 2 is 1.78 bits per heavy atom. The minimum atomic E-state index is -0.230. The Hall–Kier alpha value is -4.38. The molecule has 2 aliphatic heterocycles. The van der Waals surface area contributed by atoms with Crippen molar-refractivity contribution in [3.63, 3.8) is 0 Å². The number of halogens is 1. The van der Waals surface area contributed by atoms with Crippen molar-refractivity contribution >= 4 is 55.9 Å². The molecule has 6 aromatic rings. The molecule has 11 heteroatoms. The van der Waals surface area contributed by atoms with E-state index in [1.807, 2.05) is 18.2 Å². The summed E-state index contributed by atoms with van der Waals surface area (Å²) >= 11 is 6.48. The van der Waals surface area contributed by atoms with E-state index >= 15 is 0 Å². The number of nitrogens with zero attached hydrogens (tertiary/aromatic N) is 4. The molecule has 0 radical (unpaired) electrons. The van der Waals surface area contributed by atoms with E-state index in [0.29, 0.717) is 53.4 Å². The lowest BCUT2D eigenvalue weighted by Gasteiger charge is -2.28. The first-order valence-corrected chi connectivity index (χ1v) is 16.0. The number of anilines is 2. The number of aromatic nitrogens is 5. The number of benzene rings is 3. The summed E-state index contributed by atoms with van der Waals surface area (Å²) in [6.45, 7) is 7.74. The molecule has 0 aliphatic carbocycles. The summed E-state index contributed by atoms with van der Waals surface area (Å²) in [5, 5.41) is 8.46. The molecular weight excluding hydrogens is 588 g/mol. The SMILES string of the molecule is Cc1nc2cc(CNc3c(-c4nc5cc(N6CCOCC6)ccc5[nH]4)c(=O)[nH]c4ccc(Cl)cc34)ccc2n1C1CCNCC1. The summed E-state index contributed by atoms with van der Waals surface area (Å²) in [4.78, 5) is 32.3. The number of hydrogen-bond acceptors (Lipinski definition) is 7. The van der Waals surface area contributed by atoms with Gasteiger partial charge in [-0.15, -0.1) is 0 Å². The average Bonchev–Trinajstić information content (AvgIpc) is 3.63. The van der Waals surface area contributed by atoms with Crippen LogP contribution in [0.15, 0.2) is 59.4 Å². The smallest absolute Gasteiger partial charge is 0.261 e. The Kier molecular flexibility index (Phi) is 7.20. The van der Waals surface area contributed by atoms with Gasteiger partial charge in [0, 0.05) is 41.8 Å². The van der Waals surface area contributed by atoms with Gasteiger partial charge < -0.3 is 34.8 Å². The monoisotopic (exact) mass is 622 g/mol. The van der Waals surface area contributed by atoms with Gasteiger partial charge in [0.1, 0.15) is 17.2 Å². The highest BCUT2D eigenvalue weighted by Gasteiger charge is 2.22. The number of pyridine rings is 1. The molecule has 230 valence electrons. The van der Waals surface area contributed by atoms with Crippen molar-refractivity contribution in [2.45, 2.75) is 32.4 Å². The minimum absolute atomic E-state index is 0.230. The van der Waals surface area contributed by atoms with Crippen molar-refractivity contribution < 1.29 is 4.74 Å². The third kappa shape index (κ3) is 5.22. The Morgan fingerprint density at radius 3 is 2.62 bits per heavy atom. The number of rotatable bonds is 6. The van der Waals surface area contributed by atoms with E-state index in [4.69, 9.17) is 26.3 Å². The van der Waals surface area contributed by atoms with Gasteiger partial charge in [-0.3, -0.25) is 4.79 Å². The molecule has 8 rings (SSSR count). The van der Waals surface area contributed by atoms with Gasteiger partial charge in [0.15, 0.2) is 0 Å². The molecule has 3 aromatic carbocycles. The van der Waals surface area contributed by atoms with Crippen molar-refractivity contribution in [1.82, 2.24) is 29.8 Å². The summed E-state index contributed by atoms with van der Waals surface area (Å²) < 4.78 is 7.92. The number of hydrogen-bond donors (Lipinski definition) is 4. The van der Waals surface area contributed by atoms with Crippen LogP contribution in [0.3, 0.4) is 0 Å². The number of H-pyrrole nitrogens is 2. The second-order valence-corrected chi connectivity index (χ2v) is 12.4. The molecule has 0 spiro atoms. The van der Waals surface area contributed by atoms with Crippen LogP contribution in [0, 0.1) is 6.92 Å². The zero-order chi connectivity index (χ0) is 30.5. The molecule has 45 heavy (non-hydrogen) atoms. The van der Waals surface area contributed by atoms with E-state index in [1.165, 1.54) is 0 Å². The predicted molar refractivity (Wildman–Crippen MR) is 181 cm³/mol. The van der Waals surface area contributed by atoms with E-state index in [2.05, 4.69) is 67.3 Å². The fraction of sp³-hybridized carbons (Fsp3) is 0.324. The second kappa shape index (κ2) is 11.5. The van der Waals surface area contributed by atoms with Crippen molar-refractivity contribution in [2.24, 2.45) is 0 Å². The number of aryl methyl sites for hydroxylation is 1. The molecule has 0 amide bonds. The van der Waals surface area contributed by atoms with E-state index in [0.717, 1.165) is 83.5 Å². The summed E-state index contributed by atoms with van der Waals surface area (Å²) in [7, 11) is 0. The van der Waals surface area contributed by atoms with Gasteiger partial charge in [-0.2, -0.15) is 0 Å². The van der Waals surface area contributed by atoms with Crippen LogP contribution in [0.2, 0.25) is 5.02 Å². The van der Waals surface area contributed by atoms with Crippen molar-refractivity contribution in [3.8, 4) is 11.4 Å². The Labute approximate surface area is 264 Å². The second-order valence-electron chi connectivity index (χ2n) is 12.0. The van der Waals surface area contributed by atoms with Crippen molar-refractivity contribution in [2.75, 3.05) is 49.6 Å². The van der Waals surface area contributed by atoms with Gasteiger partial charge in [-0.05, 0) is 86.9 Å². The van der Waals surface area contributed by atoms with Crippen molar-refractivity contribution in [3.05, 3.63) is 81.4 Å². The third-order valence-electron chi connectivity index (χ3n) is 9.13. The Balaban J connectivity index is 1.17. The highest BCUT2D eigenvalue weighted by Crippen LogP contribution is 2.34. The largest absolute Gasteiger partial charge is 0.380 e. The van der Waals surface area contributed by atoms with Gasteiger partial charge >= 0.3 is 0 Å². The van der Waals surface area contributed by atoms with E-state index in [-0.39, 0.29) is 5.56 Å². The van der Waals surface area contributed by atoms with Crippen LogP contribution in [0.1, 0.15) is 30.3 Å². The van der Waals surface area contributed by atoms with E-state index < -0.39 is 0 Å². The predicted octanol–water partition coefficient (Wildman–Crippen LogP) is 5.76. The molecule has 0 atom stereocenters.